The Hall–Kier alpha value is -3.35. The summed E-state index contributed by atoms with van der Waals surface area (Å²) >= 11 is 5.98. The Kier molecular flexibility index (Phi) is 6.63. The van der Waals surface area contributed by atoms with E-state index in [1.807, 2.05) is 0 Å². The zero-order valence-corrected chi connectivity index (χ0v) is 18.0. The maximum Gasteiger partial charge on any atom is 0.338 e. The summed E-state index contributed by atoms with van der Waals surface area (Å²) in [4.78, 5) is 24.3. The van der Waals surface area contributed by atoms with Crippen LogP contribution in [-0.2, 0) is 19.6 Å². The van der Waals surface area contributed by atoms with Crippen LogP contribution in [0.5, 0.6) is 0 Å². The molecule has 0 aliphatic carbocycles. The number of aromatic nitrogens is 4. The summed E-state index contributed by atoms with van der Waals surface area (Å²) in [6.07, 6.45) is 1.37. The maximum absolute atomic E-state index is 12.3. The Labute approximate surface area is 182 Å². The first-order chi connectivity index (χ1) is 14.7. The minimum atomic E-state index is -3.80. The second kappa shape index (κ2) is 9.20. The van der Waals surface area contributed by atoms with Crippen LogP contribution in [0.1, 0.15) is 10.4 Å². The summed E-state index contributed by atoms with van der Waals surface area (Å²) in [6, 6.07) is 10.4. The Morgan fingerprint density at radius 1 is 1.19 bits per heavy atom. The van der Waals surface area contributed by atoms with E-state index in [1.165, 1.54) is 55.4 Å². The molecule has 0 saturated heterocycles. The molecule has 13 heteroatoms. The van der Waals surface area contributed by atoms with E-state index in [1.54, 1.807) is 12.1 Å². The Balaban J connectivity index is 1.65. The van der Waals surface area contributed by atoms with Gasteiger partial charge in [0.05, 0.1) is 16.3 Å². The summed E-state index contributed by atoms with van der Waals surface area (Å²) in [6.45, 7) is -0.577. The molecule has 0 atom stereocenters. The zero-order chi connectivity index (χ0) is 22.6. The number of nitrogens with zero attached hydrogens (tertiary/aromatic N) is 5. The lowest BCUT2D eigenvalue weighted by Gasteiger charge is -2.14. The van der Waals surface area contributed by atoms with Crippen molar-refractivity contribution in [3.8, 4) is 5.69 Å². The minimum absolute atomic E-state index is 0.0144. The van der Waals surface area contributed by atoms with E-state index in [0.29, 0.717) is 5.69 Å². The van der Waals surface area contributed by atoms with Crippen molar-refractivity contribution < 1.29 is 22.7 Å². The van der Waals surface area contributed by atoms with Gasteiger partial charge in [-0.1, -0.05) is 17.7 Å². The van der Waals surface area contributed by atoms with Crippen LogP contribution in [0.4, 0.5) is 5.69 Å². The van der Waals surface area contributed by atoms with Crippen LogP contribution in [0.15, 0.2) is 53.7 Å². The zero-order valence-electron chi connectivity index (χ0n) is 16.4. The third kappa shape index (κ3) is 5.23. The molecule has 0 fully saturated rings. The number of amides is 1. The third-order valence-corrected chi connectivity index (χ3v) is 6.30. The Morgan fingerprint density at radius 2 is 1.97 bits per heavy atom. The molecule has 0 aliphatic rings. The molecule has 3 rings (SSSR count). The average molecular weight is 465 g/mol. The van der Waals surface area contributed by atoms with E-state index in [-0.39, 0.29) is 21.2 Å². The predicted octanol–water partition coefficient (Wildman–Crippen LogP) is 1.36. The monoisotopic (exact) mass is 464 g/mol. The number of nitrogens with one attached hydrogen (secondary N) is 1. The molecule has 31 heavy (non-hydrogen) atoms. The van der Waals surface area contributed by atoms with Crippen molar-refractivity contribution in [2.24, 2.45) is 0 Å². The van der Waals surface area contributed by atoms with E-state index in [2.05, 4.69) is 20.8 Å². The number of hydrogen-bond donors (Lipinski definition) is 1. The van der Waals surface area contributed by atoms with Gasteiger partial charge in [-0.25, -0.2) is 22.2 Å². The molecular formula is C18H17ClN6O5S. The van der Waals surface area contributed by atoms with E-state index in [4.69, 9.17) is 16.3 Å². The highest BCUT2D eigenvalue weighted by molar-refractivity contribution is 7.89. The SMILES string of the molecule is CN(C)S(=O)(=O)c1cc(NC(=O)COC(=O)c2cccc(-n3cnnn3)c2)ccc1Cl. The molecule has 0 spiro atoms. The van der Waals surface area contributed by atoms with Crippen molar-refractivity contribution in [2.45, 2.75) is 4.90 Å². The summed E-state index contributed by atoms with van der Waals surface area (Å²) in [5.74, 6) is -1.38. The highest BCUT2D eigenvalue weighted by Gasteiger charge is 2.21. The lowest BCUT2D eigenvalue weighted by atomic mass is 10.2. The van der Waals surface area contributed by atoms with Crippen LogP contribution in [0.25, 0.3) is 5.69 Å². The van der Waals surface area contributed by atoms with Gasteiger partial charge in [0, 0.05) is 19.8 Å². The Bertz CT molecular complexity index is 1210. The summed E-state index contributed by atoms with van der Waals surface area (Å²) in [7, 11) is -1.07. The highest BCUT2D eigenvalue weighted by atomic mass is 35.5. The normalized spacial score (nSPS) is 11.4. The first kappa shape index (κ1) is 22.3. The molecule has 0 unspecified atom stereocenters. The first-order valence-corrected chi connectivity index (χ1v) is 10.5. The van der Waals surface area contributed by atoms with Gasteiger partial charge >= 0.3 is 5.97 Å². The fourth-order valence-corrected chi connectivity index (χ4v) is 3.84. The number of esters is 1. The van der Waals surface area contributed by atoms with Crippen molar-refractivity contribution in [1.29, 1.82) is 0 Å². The van der Waals surface area contributed by atoms with Crippen LogP contribution >= 0.6 is 11.6 Å². The fourth-order valence-electron chi connectivity index (χ4n) is 2.44. The van der Waals surface area contributed by atoms with Crippen LogP contribution in [0.3, 0.4) is 0 Å². The van der Waals surface area contributed by atoms with Gasteiger partial charge < -0.3 is 10.1 Å². The molecule has 1 amide bonds. The quantitative estimate of drug-likeness (QED) is 0.517. The molecule has 162 valence electrons. The molecule has 1 N–H and O–H groups in total. The largest absolute Gasteiger partial charge is 0.452 e. The highest BCUT2D eigenvalue weighted by Crippen LogP contribution is 2.26. The fraction of sp³-hybridized carbons (Fsp3) is 0.167. The Morgan fingerprint density at radius 3 is 2.65 bits per heavy atom. The van der Waals surface area contributed by atoms with Gasteiger partial charge in [0.25, 0.3) is 5.91 Å². The number of carbonyl (C=O) groups excluding carboxylic acids is 2. The van der Waals surface area contributed by atoms with Crippen molar-refractivity contribution in [2.75, 3.05) is 26.0 Å². The van der Waals surface area contributed by atoms with Gasteiger partial charge in [-0.05, 0) is 46.8 Å². The topological polar surface area (TPSA) is 136 Å². The van der Waals surface area contributed by atoms with E-state index >= 15 is 0 Å². The lowest BCUT2D eigenvalue weighted by molar-refractivity contribution is -0.119. The van der Waals surface area contributed by atoms with Crippen LogP contribution in [0.2, 0.25) is 5.02 Å². The first-order valence-electron chi connectivity index (χ1n) is 8.71. The summed E-state index contributed by atoms with van der Waals surface area (Å²) in [5, 5.41) is 13.3. The molecule has 0 bridgehead atoms. The second-order valence-corrected chi connectivity index (χ2v) is 8.89. The minimum Gasteiger partial charge on any atom is -0.452 e. The maximum atomic E-state index is 12.3. The van der Waals surface area contributed by atoms with Gasteiger partial charge in [0.15, 0.2) is 6.61 Å². The van der Waals surface area contributed by atoms with Gasteiger partial charge in [-0.2, -0.15) is 0 Å². The number of sulfonamides is 1. The van der Waals surface area contributed by atoms with Crippen molar-refractivity contribution in [1.82, 2.24) is 24.5 Å². The van der Waals surface area contributed by atoms with E-state index in [0.717, 1.165) is 4.31 Å². The van der Waals surface area contributed by atoms with E-state index < -0.39 is 28.5 Å². The third-order valence-electron chi connectivity index (χ3n) is 4.00. The molecule has 0 saturated carbocycles. The lowest BCUT2D eigenvalue weighted by Crippen LogP contribution is -2.23. The predicted molar refractivity (Wildman–Crippen MR) is 110 cm³/mol. The van der Waals surface area contributed by atoms with Crippen LogP contribution in [-0.4, -0.2) is 65.5 Å². The van der Waals surface area contributed by atoms with Gasteiger partial charge in [-0.15, -0.1) is 5.10 Å². The van der Waals surface area contributed by atoms with Crippen molar-refractivity contribution in [3.05, 3.63) is 59.4 Å². The number of benzene rings is 2. The second-order valence-electron chi connectivity index (χ2n) is 6.36. The van der Waals surface area contributed by atoms with Crippen LogP contribution < -0.4 is 5.32 Å². The molecule has 2 aromatic carbocycles. The average Bonchev–Trinajstić information content (AvgIpc) is 3.28. The number of anilines is 1. The molecule has 0 radical (unpaired) electrons. The van der Waals surface area contributed by atoms with Gasteiger partial charge in [0.1, 0.15) is 11.2 Å². The standard InChI is InChI=1S/C18H17ClN6O5S/c1-24(2)31(28,29)16-9-13(6-7-15(16)19)21-17(26)10-30-18(27)12-4-3-5-14(8-12)25-11-20-22-23-25/h3-9,11H,10H2,1-2H3,(H,21,26). The van der Waals surface area contributed by atoms with E-state index in [9.17, 15) is 18.0 Å². The van der Waals surface area contributed by atoms with Crippen molar-refractivity contribution >= 4 is 39.2 Å². The molecule has 0 aliphatic heterocycles. The molecule has 1 aromatic heterocycles. The summed E-state index contributed by atoms with van der Waals surface area (Å²) in [5.41, 5.74) is 0.929. The number of tetrazole rings is 1. The number of halogens is 1. The number of carbonyl (C=O) groups is 2. The molecular weight excluding hydrogens is 448 g/mol. The van der Waals surface area contributed by atoms with Crippen molar-refractivity contribution in [3.63, 3.8) is 0 Å². The number of rotatable bonds is 7. The number of hydrogen-bond acceptors (Lipinski definition) is 8. The van der Waals surface area contributed by atoms with Crippen LogP contribution in [0, 0.1) is 0 Å². The van der Waals surface area contributed by atoms with Gasteiger partial charge in [-0.3, -0.25) is 4.79 Å². The molecule has 1 heterocycles. The van der Waals surface area contributed by atoms with Gasteiger partial charge in [0.2, 0.25) is 10.0 Å². The number of ether oxygens (including phenoxy) is 1. The smallest absolute Gasteiger partial charge is 0.338 e. The molecule has 11 nitrogen and oxygen atoms in total. The molecule has 3 aromatic rings. The summed E-state index contributed by atoms with van der Waals surface area (Å²) < 4.78 is 32.0.